The van der Waals surface area contributed by atoms with Gasteiger partial charge >= 0.3 is 11.4 Å². The molecular weight excluding hydrogens is 422 g/mol. The summed E-state index contributed by atoms with van der Waals surface area (Å²) in [5.41, 5.74) is -0.0107. The maximum absolute atomic E-state index is 11.9. The second-order valence-electron chi connectivity index (χ2n) is 5.56. The van der Waals surface area contributed by atoms with Gasteiger partial charge in [-0.15, -0.1) is 0 Å². The number of rotatable bonds is 9. The van der Waals surface area contributed by atoms with E-state index in [1.807, 2.05) is 5.43 Å². The lowest BCUT2D eigenvalue weighted by Gasteiger charge is -2.10. The Morgan fingerprint density at radius 2 is 1.81 bits per heavy atom. The molecule has 1 amide bonds. The van der Waals surface area contributed by atoms with E-state index < -0.39 is 55.8 Å². The third-order valence-corrected chi connectivity index (χ3v) is 3.63. The number of amides is 1. The molecule has 162 valence electrons. The van der Waals surface area contributed by atoms with Crippen LogP contribution in [-0.2, 0) is 4.79 Å². The standard InChI is InChI=1S/C16H13N5O10/c1-30-13-6-10(19(24)25)5-12(21(28)29)16(13)31-8-14(22)18-17-7-9-3-2-4-11(15(9)23)20(26)27/h2-7,23H,8H2,1H3,(H,18,22)/b17-7-. The number of nitro benzene ring substituents is 3. The monoisotopic (exact) mass is 435 g/mol. The molecule has 0 aliphatic heterocycles. The van der Waals surface area contributed by atoms with Crippen LogP contribution in [0.5, 0.6) is 17.2 Å². The number of hydrogen-bond acceptors (Lipinski definition) is 11. The Bertz CT molecular complexity index is 1080. The quantitative estimate of drug-likeness (QED) is 0.330. The average molecular weight is 435 g/mol. The zero-order chi connectivity index (χ0) is 23.1. The summed E-state index contributed by atoms with van der Waals surface area (Å²) in [5.74, 6) is -2.39. The van der Waals surface area contributed by atoms with Crippen molar-refractivity contribution in [3.63, 3.8) is 0 Å². The van der Waals surface area contributed by atoms with Gasteiger partial charge in [-0.05, 0) is 6.07 Å². The number of phenolic OH excluding ortho intramolecular Hbond substituents is 1. The molecule has 0 aliphatic rings. The molecule has 0 aliphatic carbocycles. The van der Waals surface area contributed by atoms with Gasteiger partial charge in [0.1, 0.15) is 0 Å². The van der Waals surface area contributed by atoms with Gasteiger partial charge in [-0.2, -0.15) is 5.10 Å². The normalized spacial score (nSPS) is 10.5. The van der Waals surface area contributed by atoms with Gasteiger partial charge in [0.15, 0.2) is 12.4 Å². The number of hydrazone groups is 1. The molecule has 2 N–H and O–H groups in total. The van der Waals surface area contributed by atoms with Crippen LogP contribution in [-0.4, -0.2) is 45.7 Å². The van der Waals surface area contributed by atoms with E-state index in [0.717, 1.165) is 25.5 Å². The van der Waals surface area contributed by atoms with Crippen molar-refractivity contribution in [1.82, 2.24) is 5.43 Å². The molecule has 0 atom stereocenters. The number of hydrogen-bond donors (Lipinski definition) is 2. The van der Waals surface area contributed by atoms with Crippen LogP contribution >= 0.6 is 0 Å². The van der Waals surface area contributed by atoms with Crippen molar-refractivity contribution in [3.05, 3.63) is 66.2 Å². The zero-order valence-electron chi connectivity index (χ0n) is 15.6. The molecule has 15 nitrogen and oxygen atoms in total. The summed E-state index contributed by atoms with van der Waals surface area (Å²) in [6.07, 6.45) is 0.940. The molecule has 0 saturated carbocycles. The number of carbonyl (C=O) groups is 1. The Kier molecular flexibility index (Phi) is 6.95. The fourth-order valence-corrected chi connectivity index (χ4v) is 2.26. The molecule has 31 heavy (non-hydrogen) atoms. The molecule has 0 heterocycles. The van der Waals surface area contributed by atoms with Crippen LogP contribution < -0.4 is 14.9 Å². The van der Waals surface area contributed by atoms with Crippen LogP contribution in [0.25, 0.3) is 0 Å². The molecule has 0 fully saturated rings. The highest BCUT2D eigenvalue weighted by Crippen LogP contribution is 2.40. The lowest BCUT2D eigenvalue weighted by Crippen LogP contribution is -2.25. The summed E-state index contributed by atoms with van der Waals surface area (Å²) in [4.78, 5) is 42.2. The van der Waals surface area contributed by atoms with Crippen molar-refractivity contribution in [2.45, 2.75) is 0 Å². The summed E-state index contributed by atoms with van der Waals surface area (Å²) in [7, 11) is 1.10. The molecule has 2 aromatic carbocycles. The van der Waals surface area contributed by atoms with E-state index in [0.29, 0.717) is 6.07 Å². The molecule has 0 radical (unpaired) electrons. The molecule has 0 aromatic heterocycles. The summed E-state index contributed by atoms with van der Waals surface area (Å²) in [6.45, 7) is -0.784. The SMILES string of the molecule is COc1cc([N+](=O)[O-])cc([N+](=O)[O-])c1OCC(=O)N/N=C\c1cccc([N+](=O)[O-])c1O. The number of aromatic hydroxyl groups is 1. The van der Waals surface area contributed by atoms with Gasteiger partial charge in [0, 0.05) is 11.6 Å². The molecular formula is C16H13N5O10. The number of nitro groups is 3. The van der Waals surface area contributed by atoms with Crippen LogP contribution in [0, 0.1) is 30.3 Å². The van der Waals surface area contributed by atoms with Gasteiger partial charge in [0.2, 0.25) is 11.5 Å². The Balaban J connectivity index is 2.12. The first-order chi connectivity index (χ1) is 14.6. The van der Waals surface area contributed by atoms with E-state index in [1.54, 1.807) is 0 Å². The van der Waals surface area contributed by atoms with Crippen LogP contribution in [0.2, 0.25) is 0 Å². The van der Waals surface area contributed by atoms with Crippen LogP contribution in [0.15, 0.2) is 35.4 Å². The van der Waals surface area contributed by atoms with E-state index in [2.05, 4.69) is 5.10 Å². The number of benzene rings is 2. The fraction of sp³-hybridized carbons (Fsp3) is 0.125. The molecule has 0 saturated heterocycles. The first-order valence-corrected chi connectivity index (χ1v) is 8.07. The molecule has 2 aromatic rings. The minimum atomic E-state index is -0.938. The number of carbonyl (C=O) groups excluding carboxylic acids is 1. The predicted molar refractivity (Wildman–Crippen MR) is 102 cm³/mol. The number of ether oxygens (including phenoxy) is 2. The molecule has 0 unspecified atom stereocenters. The highest BCUT2D eigenvalue weighted by Gasteiger charge is 2.27. The van der Waals surface area contributed by atoms with Crippen molar-refractivity contribution in [1.29, 1.82) is 0 Å². The fourth-order valence-electron chi connectivity index (χ4n) is 2.26. The van der Waals surface area contributed by atoms with Crippen molar-refractivity contribution in [2.24, 2.45) is 5.10 Å². The number of nitrogens with one attached hydrogen (secondary N) is 1. The third kappa shape index (κ3) is 5.37. The molecule has 2 rings (SSSR count). The summed E-state index contributed by atoms with van der Waals surface area (Å²) < 4.78 is 9.94. The van der Waals surface area contributed by atoms with Gasteiger partial charge < -0.3 is 14.6 Å². The first-order valence-electron chi connectivity index (χ1n) is 8.07. The number of methoxy groups -OCH3 is 1. The van der Waals surface area contributed by atoms with Crippen LogP contribution in [0.1, 0.15) is 5.56 Å². The van der Waals surface area contributed by atoms with Gasteiger partial charge in [-0.25, -0.2) is 5.43 Å². The minimum absolute atomic E-state index is 0.0527. The molecule has 15 heteroatoms. The zero-order valence-corrected chi connectivity index (χ0v) is 15.6. The lowest BCUT2D eigenvalue weighted by atomic mass is 10.2. The maximum atomic E-state index is 11.9. The van der Waals surface area contributed by atoms with Crippen molar-refractivity contribution < 1.29 is 34.1 Å². The van der Waals surface area contributed by atoms with E-state index in [9.17, 15) is 40.2 Å². The molecule has 0 spiro atoms. The second kappa shape index (κ2) is 9.59. The van der Waals surface area contributed by atoms with Gasteiger partial charge in [-0.1, -0.05) is 6.07 Å². The summed E-state index contributed by atoms with van der Waals surface area (Å²) in [5, 5.41) is 46.2. The lowest BCUT2D eigenvalue weighted by molar-refractivity contribution is -0.394. The molecule has 0 bridgehead atoms. The number of para-hydroxylation sites is 1. The number of phenols is 1. The van der Waals surface area contributed by atoms with Gasteiger partial charge in [0.25, 0.3) is 11.6 Å². The topological polar surface area (TPSA) is 210 Å². The van der Waals surface area contributed by atoms with Gasteiger partial charge in [0.05, 0.1) is 40.2 Å². The van der Waals surface area contributed by atoms with Gasteiger partial charge in [-0.3, -0.25) is 35.1 Å². The van der Waals surface area contributed by atoms with Crippen molar-refractivity contribution in [2.75, 3.05) is 13.7 Å². The van der Waals surface area contributed by atoms with E-state index >= 15 is 0 Å². The Morgan fingerprint density at radius 1 is 1.13 bits per heavy atom. The Labute approximate surface area is 172 Å². The highest BCUT2D eigenvalue weighted by molar-refractivity contribution is 5.87. The third-order valence-electron chi connectivity index (χ3n) is 3.63. The predicted octanol–water partition coefficient (Wildman–Crippen LogP) is 1.65. The second-order valence-corrected chi connectivity index (χ2v) is 5.56. The number of non-ortho nitro benzene ring substituents is 1. The van der Waals surface area contributed by atoms with Crippen LogP contribution in [0.4, 0.5) is 17.1 Å². The average Bonchev–Trinajstić information content (AvgIpc) is 2.72. The summed E-state index contributed by atoms with van der Waals surface area (Å²) >= 11 is 0. The first kappa shape index (κ1) is 22.5. The van der Waals surface area contributed by atoms with E-state index in [4.69, 9.17) is 9.47 Å². The smallest absolute Gasteiger partial charge is 0.321 e. The summed E-state index contributed by atoms with van der Waals surface area (Å²) in [6, 6.07) is 5.22. The van der Waals surface area contributed by atoms with Crippen molar-refractivity contribution >= 4 is 29.2 Å². The highest BCUT2D eigenvalue weighted by atomic mass is 16.6. The van der Waals surface area contributed by atoms with E-state index in [-0.39, 0.29) is 11.3 Å². The van der Waals surface area contributed by atoms with Crippen LogP contribution in [0.3, 0.4) is 0 Å². The minimum Gasteiger partial charge on any atom is -0.502 e. The largest absolute Gasteiger partial charge is 0.502 e. The van der Waals surface area contributed by atoms with E-state index in [1.165, 1.54) is 12.1 Å². The van der Waals surface area contributed by atoms with Crippen molar-refractivity contribution in [3.8, 4) is 17.2 Å². The maximum Gasteiger partial charge on any atom is 0.321 e. The Morgan fingerprint density at radius 3 is 2.39 bits per heavy atom. The Hall–Kier alpha value is -4.82. The number of nitrogens with zero attached hydrogens (tertiary/aromatic N) is 4.